The molecular weight excluding hydrogens is 379 g/mol. The lowest BCUT2D eigenvalue weighted by atomic mass is 10.2. The molecule has 1 N–H and O–H groups in total. The van der Waals surface area contributed by atoms with Gasteiger partial charge in [-0.2, -0.15) is 0 Å². The molecule has 6 nitrogen and oxygen atoms in total. The molecule has 0 unspecified atom stereocenters. The van der Waals surface area contributed by atoms with Crippen LogP contribution in [0.5, 0.6) is 0 Å². The molecule has 1 saturated heterocycles. The summed E-state index contributed by atoms with van der Waals surface area (Å²) in [5, 5.41) is 3.31. The number of aromatic nitrogens is 1. The molecule has 162 valence electrons. The molecule has 1 aromatic heterocycles. The summed E-state index contributed by atoms with van der Waals surface area (Å²) >= 11 is 0. The lowest BCUT2D eigenvalue weighted by Crippen LogP contribution is -2.46. The zero-order valence-corrected chi connectivity index (χ0v) is 18.3. The fourth-order valence-electron chi connectivity index (χ4n) is 3.61. The number of guanidine groups is 1. The van der Waals surface area contributed by atoms with E-state index in [1.165, 1.54) is 6.07 Å². The summed E-state index contributed by atoms with van der Waals surface area (Å²) < 4.78 is 13.5. The van der Waals surface area contributed by atoms with Gasteiger partial charge in [-0.15, -0.1) is 0 Å². The second-order valence-electron chi connectivity index (χ2n) is 7.60. The predicted octanol–water partition coefficient (Wildman–Crippen LogP) is 2.96. The number of nitrogens with zero attached hydrogens (tertiary/aromatic N) is 5. The first kappa shape index (κ1) is 22.0. The minimum atomic E-state index is -0.217. The summed E-state index contributed by atoms with van der Waals surface area (Å²) in [6.45, 7) is 11.5. The van der Waals surface area contributed by atoms with E-state index >= 15 is 0 Å². The molecule has 0 aliphatic carbocycles. The van der Waals surface area contributed by atoms with Crippen LogP contribution in [0, 0.1) is 5.82 Å². The molecule has 3 rings (SSSR count). The van der Waals surface area contributed by atoms with Gasteiger partial charge in [0.05, 0.1) is 6.54 Å². The maximum atomic E-state index is 13.5. The number of pyridine rings is 1. The number of likely N-dealkylation sites (N-methyl/N-ethyl adjacent to an activating group) is 1. The maximum Gasteiger partial charge on any atom is 0.194 e. The number of halogens is 1. The van der Waals surface area contributed by atoms with Crippen LogP contribution in [-0.4, -0.2) is 67.1 Å². The molecule has 30 heavy (non-hydrogen) atoms. The summed E-state index contributed by atoms with van der Waals surface area (Å²) in [5.41, 5.74) is 1.98. The van der Waals surface area contributed by atoms with Crippen LogP contribution >= 0.6 is 0 Å². The average molecular weight is 413 g/mol. The molecule has 0 atom stereocenters. The van der Waals surface area contributed by atoms with Crippen molar-refractivity contribution < 1.29 is 4.39 Å². The van der Waals surface area contributed by atoms with Crippen molar-refractivity contribution in [1.82, 2.24) is 20.1 Å². The van der Waals surface area contributed by atoms with Gasteiger partial charge in [0.2, 0.25) is 0 Å². The van der Waals surface area contributed by atoms with E-state index in [0.29, 0.717) is 13.1 Å². The van der Waals surface area contributed by atoms with E-state index in [9.17, 15) is 4.39 Å². The van der Waals surface area contributed by atoms with Crippen LogP contribution in [0.3, 0.4) is 0 Å². The van der Waals surface area contributed by atoms with E-state index in [1.807, 2.05) is 31.1 Å². The Labute approximate surface area is 179 Å². The lowest BCUT2D eigenvalue weighted by molar-refractivity contribution is 0.270. The highest BCUT2D eigenvalue weighted by atomic mass is 19.1. The van der Waals surface area contributed by atoms with Crippen LogP contribution < -0.4 is 10.2 Å². The molecule has 7 heteroatoms. The Morgan fingerprint density at radius 2 is 1.93 bits per heavy atom. The predicted molar refractivity (Wildman–Crippen MR) is 121 cm³/mol. The maximum absolute atomic E-state index is 13.5. The van der Waals surface area contributed by atoms with E-state index in [2.05, 4.69) is 39.2 Å². The van der Waals surface area contributed by atoms with Crippen molar-refractivity contribution in [2.45, 2.75) is 26.9 Å². The van der Waals surface area contributed by atoms with E-state index in [4.69, 9.17) is 4.99 Å². The van der Waals surface area contributed by atoms with Crippen molar-refractivity contribution in [3.05, 3.63) is 59.5 Å². The van der Waals surface area contributed by atoms with Gasteiger partial charge < -0.3 is 20.0 Å². The van der Waals surface area contributed by atoms with Crippen molar-refractivity contribution in [3.63, 3.8) is 0 Å². The number of nitrogens with one attached hydrogen (secondary N) is 1. The Balaban J connectivity index is 1.60. The molecule has 0 amide bonds. The molecule has 1 aliphatic rings. The van der Waals surface area contributed by atoms with E-state index < -0.39 is 0 Å². The molecular formula is C23H33FN6. The number of benzene rings is 1. The largest absolute Gasteiger partial charge is 0.357 e. The standard InChI is InChI=1S/C23H33FN6/c1-4-25-23(28(3)18-19-7-6-8-21(24)15-19)27-17-20-9-10-22(26-16-20)30-13-11-29(5-2)12-14-30/h6-10,15-16H,4-5,11-14,17-18H2,1-3H3,(H,25,27). The van der Waals surface area contributed by atoms with Crippen LogP contribution in [-0.2, 0) is 13.1 Å². The third-order valence-electron chi connectivity index (χ3n) is 5.37. The van der Waals surface area contributed by atoms with Gasteiger partial charge in [-0.05, 0) is 42.8 Å². The van der Waals surface area contributed by atoms with Crippen molar-refractivity contribution in [2.75, 3.05) is 51.2 Å². The van der Waals surface area contributed by atoms with Gasteiger partial charge in [0.15, 0.2) is 5.96 Å². The Hall–Kier alpha value is -2.67. The molecule has 0 saturated carbocycles. The van der Waals surface area contributed by atoms with Gasteiger partial charge >= 0.3 is 0 Å². The molecule has 1 aliphatic heterocycles. The number of anilines is 1. The van der Waals surface area contributed by atoms with Crippen molar-refractivity contribution in [2.24, 2.45) is 4.99 Å². The molecule has 1 aromatic carbocycles. The van der Waals surface area contributed by atoms with Crippen LogP contribution in [0.15, 0.2) is 47.6 Å². The minimum Gasteiger partial charge on any atom is -0.357 e. The summed E-state index contributed by atoms with van der Waals surface area (Å²) in [4.78, 5) is 16.2. The quantitative estimate of drug-likeness (QED) is 0.560. The Kier molecular flexibility index (Phi) is 8.02. The topological polar surface area (TPSA) is 47.0 Å². The highest BCUT2D eigenvalue weighted by Crippen LogP contribution is 2.15. The highest BCUT2D eigenvalue weighted by Gasteiger charge is 2.16. The summed E-state index contributed by atoms with van der Waals surface area (Å²) in [5.74, 6) is 1.61. The zero-order valence-electron chi connectivity index (χ0n) is 18.3. The summed E-state index contributed by atoms with van der Waals surface area (Å²) in [7, 11) is 1.96. The van der Waals surface area contributed by atoms with E-state index in [-0.39, 0.29) is 5.82 Å². The number of rotatable bonds is 7. The van der Waals surface area contributed by atoms with Gasteiger partial charge in [-0.3, -0.25) is 0 Å². The second-order valence-corrected chi connectivity index (χ2v) is 7.60. The monoisotopic (exact) mass is 412 g/mol. The van der Waals surface area contributed by atoms with Gasteiger partial charge in [-0.1, -0.05) is 25.1 Å². The first-order valence-electron chi connectivity index (χ1n) is 10.7. The molecule has 0 spiro atoms. The Morgan fingerprint density at radius 3 is 2.57 bits per heavy atom. The number of aliphatic imine (C=N–C) groups is 1. The molecule has 0 bridgehead atoms. The van der Waals surface area contributed by atoms with E-state index in [1.54, 1.807) is 12.1 Å². The summed E-state index contributed by atoms with van der Waals surface area (Å²) in [6, 6.07) is 10.9. The van der Waals surface area contributed by atoms with Crippen molar-refractivity contribution >= 4 is 11.8 Å². The molecule has 2 aromatic rings. The van der Waals surface area contributed by atoms with Gasteiger partial charge in [0.25, 0.3) is 0 Å². The smallest absolute Gasteiger partial charge is 0.194 e. The SMILES string of the molecule is CCNC(=NCc1ccc(N2CCN(CC)CC2)nc1)N(C)Cc1cccc(F)c1. The van der Waals surface area contributed by atoms with Crippen LogP contribution in [0.4, 0.5) is 10.2 Å². The van der Waals surface area contributed by atoms with Crippen molar-refractivity contribution in [3.8, 4) is 0 Å². The number of piperazine rings is 1. The first-order valence-corrected chi connectivity index (χ1v) is 10.7. The van der Waals surface area contributed by atoms with Crippen molar-refractivity contribution in [1.29, 1.82) is 0 Å². The zero-order chi connectivity index (χ0) is 21.3. The summed E-state index contributed by atoms with van der Waals surface area (Å²) in [6.07, 6.45) is 1.92. The molecule has 0 radical (unpaired) electrons. The Bertz CT molecular complexity index is 815. The average Bonchev–Trinajstić information content (AvgIpc) is 2.77. The third kappa shape index (κ3) is 6.16. The van der Waals surface area contributed by atoms with Gasteiger partial charge in [-0.25, -0.2) is 14.4 Å². The molecule has 2 heterocycles. The van der Waals surface area contributed by atoms with Crippen LogP contribution in [0.1, 0.15) is 25.0 Å². The van der Waals surface area contributed by atoms with Gasteiger partial charge in [0.1, 0.15) is 11.6 Å². The normalized spacial score (nSPS) is 15.3. The first-order chi connectivity index (χ1) is 14.6. The number of hydrogen-bond donors (Lipinski definition) is 1. The lowest BCUT2D eigenvalue weighted by Gasteiger charge is -2.34. The minimum absolute atomic E-state index is 0.217. The highest BCUT2D eigenvalue weighted by molar-refractivity contribution is 5.79. The number of hydrogen-bond acceptors (Lipinski definition) is 4. The fraction of sp³-hybridized carbons (Fsp3) is 0.478. The van der Waals surface area contributed by atoms with E-state index in [0.717, 1.165) is 62.2 Å². The Morgan fingerprint density at radius 1 is 1.13 bits per heavy atom. The van der Waals surface area contributed by atoms with Crippen LogP contribution in [0.2, 0.25) is 0 Å². The second kappa shape index (κ2) is 10.9. The van der Waals surface area contributed by atoms with Gasteiger partial charge in [0, 0.05) is 52.5 Å². The fourth-order valence-corrected chi connectivity index (χ4v) is 3.61. The molecule has 1 fully saturated rings. The van der Waals surface area contributed by atoms with Crippen LogP contribution in [0.25, 0.3) is 0 Å². The third-order valence-corrected chi connectivity index (χ3v) is 5.37.